The van der Waals surface area contributed by atoms with E-state index in [1.807, 2.05) is 0 Å². The molecule has 0 saturated heterocycles. The van der Waals surface area contributed by atoms with E-state index >= 15 is 0 Å². The van der Waals surface area contributed by atoms with Gasteiger partial charge < -0.3 is 35.3 Å². The molecule has 1 fully saturated rings. The van der Waals surface area contributed by atoms with Crippen LogP contribution in [0.4, 0.5) is 0 Å². The minimum Gasteiger partial charge on any atom is -1.00 e. The van der Waals surface area contributed by atoms with Crippen molar-refractivity contribution in [2.24, 2.45) is 5.92 Å². The number of nitrogens with one attached hydrogen (secondary N) is 1. The van der Waals surface area contributed by atoms with Gasteiger partial charge in [0.2, 0.25) is 0 Å². The largest absolute Gasteiger partial charge is 4.00 e. The van der Waals surface area contributed by atoms with Gasteiger partial charge in [0.15, 0.2) is 0 Å². The Hall–Kier alpha value is -0.540. The monoisotopic (exact) mass is 509 g/mol. The van der Waals surface area contributed by atoms with Gasteiger partial charge in [0, 0.05) is 15.4 Å². The predicted molar refractivity (Wildman–Crippen MR) is 110 cm³/mol. The minimum absolute atomic E-state index is 0. The molecular formula is C22H27Cl2NOSiZr. The Morgan fingerprint density at radius 3 is 1.64 bits per heavy atom. The first kappa shape index (κ1) is 29.7. The Morgan fingerprint density at radius 1 is 0.893 bits per heavy atom. The summed E-state index contributed by atoms with van der Waals surface area (Å²) in [5, 5.41) is 5.39. The second-order valence-corrected chi connectivity index (χ2v) is 7.52. The topological polar surface area (TPSA) is 40.9 Å². The number of halogens is 2. The Morgan fingerprint density at radius 2 is 1.29 bits per heavy atom. The minimum atomic E-state index is -0.352. The van der Waals surface area contributed by atoms with Crippen LogP contribution in [0.25, 0.3) is 27.3 Å². The molecule has 2 radical (unpaired) electrons. The zero-order chi connectivity index (χ0) is 18.1. The van der Waals surface area contributed by atoms with Gasteiger partial charge in [-0.2, -0.15) is 0 Å². The van der Waals surface area contributed by atoms with Crippen LogP contribution < -0.4 is 24.8 Å². The van der Waals surface area contributed by atoms with Gasteiger partial charge in [-0.15, -0.1) is 39.7 Å². The number of rotatable bonds is 1. The van der Waals surface area contributed by atoms with Crippen molar-refractivity contribution in [1.29, 1.82) is 0 Å². The number of carbonyl (C=O) groups is 1. The van der Waals surface area contributed by atoms with E-state index in [4.69, 9.17) is 5.73 Å². The molecule has 148 valence electrons. The fourth-order valence-corrected chi connectivity index (χ4v) is 3.27. The van der Waals surface area contributed by atoms with Crippen LogP contribution in [0.2, 0.25) is 13.1 Å². The molecule has 1 N–H and O–H groups in total. The molecular weight excluding hydrogens is 484 g/mol. The normalized spacial score (nSPS) is 12.8. The average molecular weight is 512 g/mol. The summed E-state index contributed by atoms with van der Waals surface area (Å²) in [7, 11) is 1.08. The van der Waals surface area contributed by atoms with Crippen LogP contribution in [0.5, 0.6) is 0 Å². The quantitative estimate of drug-likeness (QED) is 0.350. The van der Waals surface area contributed by atoms with E-state index in [-0.39, 0.29) is 62.8 Å². The first-order valence-electron chi connectivity index (χ1n) is 9.04. The van der Waals surface area contributed by atoms with Crippen LogP contribution in [0.15, 0.2) is 54.6 Å². The van der Waals surface area contributed by atoms with Crippen molar-refractivity contribution in [3.63, 3.8) is 0 Å². The molecule has 4 rings (SSSR count). The first-order valence-corrected chi connectivity index (χ1v) is 11.0. The second kappa shape index (κ2) is 16.3. The summed E-state index contributed by atoms with van der Waals surface area (Å²) in [5.41, 5.74) is 6.83. The predicted octanol–water partition coefficient (Wildman–Crippen LogP) is 0.650. The molecule has 1 saturated carbocycles. The van der Waals surface area contributed by atoms with E-state index in [9.17, 15) is 4.79 Å². The third kappa shape index (κ3) is 8.86. The SMILES string of the molecule is C[Si]C.[Cl-].[Cl-].[NH-]C(=O)C1CCCCC1.[Zr+4].c1ccc2c(c1)[cH-]c1ccccc12. The van der Waals surface area contributed by atoms with Gasteiger partial charge in [-0.3, -0.25) is 0 Å². The van der Waals surface area contributed by atoms with Gasteiger partial charge in [-0.1, -0.05) is 68.8 Å². The van der Waals surface area contributed by atoms with Gasteiger partial charge in [0.1, 0.15) is 0 Å². The molecule has 3 aromatic rings. The molecule has 0 unspecified atom stereocenters. The first-order chi connectivity index (χ1) is 12.2. The van der Waals surface area contributed by atoms with Gasteiger partial charge in [-0.05, 0) is 12.8 Å². The number of hydrogen-bond acceptors (Lipinski definition) is 1. The van der Waals surface area contributed by atoms with Crippen molar-refractivity contribution < 1.29 is 55.8 Å². The molecule has 2 nitrogen and oxygen atoms in total. The Kier molecular flexibility index (Phi) is 17.2. The van der Waals surface area contributed by atoms with Crippen molar-refractivity contribution in [3.8, 4) is 0 Å². The molecule has 3 aromatic carbocycles. The van der Waals surface area contributed by atoms with Crippen LogP contribution in [-0.2, 0) is 31.0 Å². The maximum absolute atomic E-state index is 10.5. The summed E-state index contributed by atoms with van der Waals surface area (Å²) in [6, 6.07) is 19.3. The summed E-state index contributed by atoms with van der Waals surface area (Å²) in [5.74, 6) is -0.270. The molecule has 28 heavy (non-hydrogen) atoms. The average Bonchev–Trinajstić information content (AvgIpc) is 3.02. The van der Waals surface area contributed by atoms with Crippen molar-refractivity contribution in [3.05, 3.63) is 60.3 Å². The molecule has 1 amide bonds. The molecule has 0 spiro atoms. The van der Waals surface area contributed by atoms with Crippen molar-refractivity contribution >= 4 is 37.0 Å². The summed E-state index contributed by atoms with van der Waals surface area (Å²) in [6.45, 7) is 4.31. The Balaban J connectivity index is 0. The third-order valence-electron chi connectivity index (χ3n) is 4.50. The van der Waals surface area contributed by atoms with Gasteiger partial charge in [-0.25, -0.2) is 0 Å². The maximum Gasteiger partial charge on any atom is 4.00 e. The smallest absolute Gasteiger partial charge is 1.00 e. The number of fused-ring (bicyclic) bond motifs is 3. The maximum atomic E-state index is 10.5. The van der Waals surface area contributed by atoms with E-state index in [0.29, 0.717) is 0 Å². The van der Waals surface area contributed by atoms with Gasteiger partial charge in [0.05, 0.1) is 5.91 Å². The Bertz CT molecular complexity index is 753. The standard InChI is InChI=1S/C13H9.C7H13NO.C2H6Si.2ClH.Zr/c1-3-7-12-10(5-1)9-11-6-2-4-8-13(11)12;8-7(9)6-4-2-1-3-5-6;1-3-2;;;/h1-9H;6H,1-5H2,(H2,8,9);1-2H3;2*1H;/q-1;;;;;+4/p-3. The fourth-order valence-electron chi connectivity index (χ4n) is 3.27. The van der Waals surface area contributed by atoms with Crippen molar-refractivity contribution in [1.82, 2.24) is 0 Å². The van der Waals surface area contributed by atoms with Gasteiger partial charge >= 0.3 is 26.2 Å². The Labute approximate surface area is 203 Å². The molecule has 1 aliphatic carbocycles. The van der Waals surface area contributed by atoms with Crippen LogP contribution >= 0.6 is 0 Å². The summed E-state index contributed by atoms with van der Waals surface area (Å²) >= 11 is 0. The summed E-state index contributed by atoms with van der Waals surface area (Å²) in [4.78, 5) is 10.5. The van der Waals surface area contributed by atoms with E-state index in [2.05, 4.69) is 67.7 Å². The van der Waals surface area contributed by atoms with Crippen molar-refractivity contribution in [2.75, 3.05) is 0 Å². The van der Waals surface area contributed by atoms with Crippen LogP contribution in [0.1, 0.15) is 32.1 Å². The molecule has 6 heteroatoms. The van der Waals surface area contributed by atoms with E-state index < -0.39 is 0 Å². The van der Waals surface area contributed by atoms with Crippen LogP contribution in [-0.4, -0.2) is 15.4 Å². The number of carbonyl (C=O) groups excluding carboxylic acids is 1. The molecule has 0 atom stereocenters. The zero-order valence-corrected chi connectivity index (χ0v) is 21.4. The van der Waals surface area contributed by atoms with Crippen LogP contribution in [0, 0.1) is 5.92 Å². The molecule has 0 bridgehead atoms. The molecule has 0 heterocycles. The van der Waals surface area contributed by atoms with Crippen molar-refractivity contribution in [2.45, 2.75) is 45.2 Å². The van der Waals surface area contributed by atoms with Crippen LogP contribution in [0.3, 0.4) is 0 Å². The molecule has 1 aliphatic rings. The number of benzene rings is 2. The third-order valence-corrected chi connectivity index (χ3v) is 4.50. The van der Waals surface area contributed by atoms with E-state index in [1.165, 1.54) is 28.0 Å². The molecule has 0 aliphatic heterocycles. The van der Waals surface area contributed by atoms with Gasteiger partial charge in [0.25, 0.3) is 0 Å². The zero-order valence-electron chi connectivity index (χ0n) is 16.5. The summed E-state index contributed by atoms with van der Waals surface area (Å²) < 4.78 is 0. The van der Waals surface area contributed by atoms with E-state index in [1.54, 1.807) is 0 Å². The summed E-state index contributed by atoms with van der Waals surface area (Å²) in [6.07, 6.45) is 5.47. The van der Waals surface area contributed by atoms with E-state index in [0.717, 1.165) is 35.2 Å². The number of hydrogen-bond donors (Lipinski definition) is 0. The number of amides is 1. The molecule has 0 aromatic heterocycles. The fraction of sp³-hybridized carbons (Fsp3) is 0.364. The second-order valence-electron chi connectivity index (χ2n) is 6.52.